The lowest BCUT2D eigenvalue weighted by atomic mass is 9.72. The molecule has 20 heteroatoms. The number of nitro groups is 1. The first-order valence-electron chi connectivity index (χ1n) is 22.3. The van der Waals surface area contributed by atoms with Crippen LogP contribution in [0.2, 0.25) is 5.02 Å². The number of nitro benzene ring substituents is 1. The van der Waals surface area contributed by atoms with Crippen LogP contribution in [0.3, 0.4) is 0 Å². The van der Waals surface area contributed by atoms with Crippen molar-refractivity contribution >= 4 is 70.9 Å². The fraction of sp³-hybridized carbons (Fsp3) is 0.404. The zero-order valence-electron chi connectivity index (χ0n) is 37.6. The zero-order valence-corrected chi connectivity index (χ0v) is 40.0. The molecule has 0 saturated carbocycles. The Morgan fingerprint density at radius 1 is 1.04 bits per heavy atom. The largest absolute Gasteiger partial charge is 0.489 e. The molecule has 4 aliphatic rings. The van der Waals surface area contributed by atoms with Crippen molar-refractivity contribution in [3.8, 4) is 17.2 Å². The third-order valence-electron chi connectivity index (χ3n) is 13.2. The van der Waals surface area contributed by atoms with Crippen LogP contribution in [0.1, 0.15) is 49.0 Å². The number of piperazine rings is 1. The van der Waals surface area contributed by atoms with Crippen molar-refractivity contribution in [2.45, 2.75) is 44.0 Å². The van der Waals surface area contributed by atoms with E-state index in [4.69, 9.17) is 21.1 Å². The number of carbonyl (C=O) groups is 1. The van der Waals surface area contributed by atoms with Crippen LogP contribution in [-0.4, -0.2) is 127 Å². The maximum Gasteiger partial charge on any atom is 0.297 e. The predicted octanol–water partition coefficient (Wildman–Crippen LogP) is 7.41. The van der Waals surface area contributed by atoms with Gasteiger partial charge in [0.15, 0.2) is 11.4 Å². The topological polar surface area (TPSA) is 205 Å². The molecule has 67 heavy (non-hydrogen) atoms. The van der Waals surface area contributed by atoms with Gasteiger partial charge in [0, 0.05) is 121 Å². The zero-order chi connectivity index (χ0) is 47.1. The molecule has 5 heterocycles. The molecule has 2 fully saturated rings. The van der Waals surface area contributed by atoms with Gasteiger partial charge in [0.2, 0.25) is 0 Å². The number of ether oxygens (including phenoxy) is 2. The Hall–Kier alpha value is -5.73. The molecule has 5 aromatic rings. The number of fused-ring (bicyclic) bond motifs is 2. The molecule has 354 valence electrons. The van der Waals surface area contributed by atoms with E-state index in [9.17, 15) is 27.5 Å². The van der Waals surface area contributed by atoms with Crippen molar-refractivity contribution in [3.63, 3.8) is 0 Å². The van der Waals surface area contributed by atoms with Gasteiger partial charge in [0.05, 0.1) is 27.6 Å². The third kappa shape index (κ3) is 10.4. The number of anilines is 2. The molecular formula is C47H54ClN9O8S2. The highest BCUT2D eigenvalue weighted by atomic mass is 35.5. The maximum absolute atomic E-state index is 14.1. The summed E-state index contributed by atoms with van der Waals surface area (Å²) in [7, 11) is -5.35. The lowest BCUT2D eigenvalue weighted by Crippen LogP contribution is -2.48. The first-order chi connectivity index (χ1) is 32.0. The normalized spacial score (nSPS) is 19.8. The van der Waals surface area contributed by atoms with Crippen LogP contribution in [0.5, 0.6) is 17.2 Å². The van der Waals surface area contributed by atoms with Crippen molar-refractivity contribution in [3.05, 3.63) is 111 Å². The molecule has 2 saturated heterocycles. The fourth-order valence-corrected chi connectivity index (χ4v) is 12.1. The van der Waals surface area contributed by atoms with Crippen LogP contribution in [0.4, 0.5) is 17.1 Å². The Bertz CT molecular complexity index is 2980. The van der Waals surface area contributed by atoms with Gasteiger partial charge >= 0.3 is 0 Å². The number of aromatic amines is 1. The van der Waals surface area contributed by atoms with E-state index < -0.39 is 41.2 Å². The number of rotatable bonds is 12. The number of hydrogen-bond acceptors (Lipinski definition) is 14. The van der Waals surface area contributed by atoms with E-state index in [-0.39, 0.29) is 40.8 Å². The highest BCUT2D eigenvalue weighted by Gasteiger charge is 2.34. The minimum absolute atomic E-state index is 0.0350. The number of aromatic nitrogens is 2. The van der Waals surface area contributed by atoms with Crippen molar-refractivity contribution < 1.29 is 31.8 Å². The summed E-state index contributed by atoms with van der Waals surface area (Å²) >= 11 is 6.25. The summed E-state index contributed by atoms with van der Waals surface area (Å²) in [6.45, 7) is 10.2. The molecule has 1 amide bonds. The van der Waals surface area contributed by atoms with E-state index in [2.05, 4.69) is 65.0 Å². The summed E-state index contributed by atoms with van der Waals surface area (Å²) in [6.07, 6.45) is 6.42. The Labute approximate surface area is 395 Å². The number of pyridine rings is 1. The number of hydrogen-bond donors (Lipinski definition) is 3. The Kier molecular flexibility index (Phi) is 13.0. The number of H-pyrrole nitrogens is 1. The van der Waals surface area contributed by atoms with Crippen LogP contribution in [0.15, 0.2) is 94.0 Å². The highest BCUT2D eigenvalue weighted by Crippen LogP contribution is 2.44. The lowest BCUT2D eigenvalue weighted by Gasteiger charge is -2.39. The van der Waals surface area contributed by atoms with Gasteiger partial charge in [-0.3, -0.25) is 24.7 Å². The van der Waals surface area contributed by atoms with Crippen LogP contribution in [-0.2, 0) is 19.8 Å². The van der Waals surface area contributed by atoms with E-state index in [0.717, 1.165) is 61.1 Å². The highest BCUT2D eigenvalue weighted by molar-refractivity contribution is 7.93. The predicted molar refractivity (Wildman–Crippen MR) is 261 cm³/mol. The van der Waals surface area contributed by atoms with E-state index in [1.54, 1.807) is 31.4 Å². The first-order valence-corrected chi connectivity index (χ1v) is 26.1. The maximum atomic E-state index is 14.1. The second kappa shape index (κ2) is 18.7. The average Bonchev–Trinajstić information content (AvgIpc) is 3.78. The average molecular weight is 973 g/mol. The number of carbonyl (C=O) groups excluding carboxylic acids is 1. The number of amides is 1. The van der Waals surface area contributed by atoms with Gasteiger partial charge in [-0.05, 0) is 72.2 Å². The van der Waals surface area contributed by atoms with Crippen LogP contribution in [0, 0.1) is 15.5 Å². The molecule has 0 unspecified atom stereocenters. The molecule has 0 radical (unpaired) electrons. The van der Waals surface area contributed by atoms with Crippen molar-refractivity contribution in [2.75, 3.05) is 87.7 Å². The summed E-state index contributed by atoms with van der Waals surface area (Å²) in [4.78, 5) is 39.5. The Morgan fingerprint density at radius 2 is 1.81 bits per heavy atom. The second-order valence-electron chi connectivity index (χ2n) is 18.4. The molecule has 9 rings (SSSR count). The van der Waals surface area contributed by atoms with Crippen molar-refractivity contribution in [1.82, 2.24) is 24.5 Å². The summed E-state index contributed by atoms with van der Waals surface area (Å²) < 4.78 is 59.0. The first kappa shape index (κ1) is 46.4. The quantitative estimate of drug-likeness (QED) is 0.0825. The van der Waals surface area contributed by atoms with E-state index in [0.29, 0.717) is 55.6 Å². The number of halogens is 1. The summed E-state index contributed by atoms with van der Waals surface area (Å²) in [5, 5.41) is 17.0. The van der Waals surface area contributed by atoms with Gasteiger partial charge in [0.25, 0.3) is 21.6 Å². The van der Waals surface area contributed by atoms with Crippen LogP contribution >= 0.6 is 11.6 Å². The van der Waals surface area contributed by atoms with E-state index in [1.165, 1.54) is 35.0 Å². The SMILES string of the molecule is CN=S1(=O)CCN(C[C@H]2COc3cc(S(=O)(=O)NC(=O)c4ccc(N5CCN(CC6=C(c7ccc(Cl)cc7)CC(C)(C)CC6)CC5)cc4Oc4cnc5[nH]ccc5c4)cc([N+](=O)[O-])c3N2)CC1. The molecule has 3 aliphatic heterocycles. The van der Waals surface area contributed by atoms with Gasteiger partial charge in [-0.15, -0.1) is 0 Å². The Balaban J connectivity index is 0.926. The number of benzene rings is 3. The van der Waals surface area contributed by atoms with Gasteiger partial charge < -0.3 is 24.7 Å². The standard InChI is InChI=1S/C47H54ClN9O8S2/c1-47(2)12-10-33(40(26-47)31-4-6-34(48)7-5-31)28-54-14-16-56(17-15-54)36-8-9-39(42(23-36)65-37-22-32-11-13-50-45(32)51-27-37)46(58)53-67(62,63)38-24-41(57(59)60)44-43(25-38)64-30-35(52-44)29-55-18-20-66(61,49-3)21-19-55/h4-9,11,13,22-25,27,35,52H,10,12,14-21,26,28-30H2,1-3H3,(H,50,51)(H,53,58)/t35-/m0/s1. The van der Waals surface area contributed by atoms with Crippen molar-refractivity contribution in [2.24, 2.45) is 9.78 Å². The minimum atomic E-state index is -4.69. The van der Waals surface area contributed by atoms with Crippen LogP contribution in [0.25, 0.3) is 16.6 Å². The number of allylic oxidation sites excluding steroid dienone is 1. The smallest absolute Gasteiger partial charge is 0.297 e. The molecule has 2 aromatic heterocycles. The molecule has 0 spiro atoms. The summed E-state index contributed by atoms with van der Waals surface area (Å²) in [6, 6.07) is 18.5. The van der Waals surface area contributed by atoms with Gasteiger partial charge in [-0.2, -0.15) is 0 Å². The van der Waals surface area contributed by atoms with Gasteiger partial charge in [-0.25, -0.2) is 26.7 Å². The molecule has 3 N–H and O–H groups in total. The Morgan fingerprint density at radius 3 is 2.54 bits per heavy atom. The molecule has 0 bridgehead atoms. The molecular weight excluding hydrogens is 918 g/mol. The second-order valence-corrected chi connectivity index (χ2v) is 23.2. The molecule has 17 nitrogen and oxygen atoms in total. The lowest BCUT2D eigenvalue weighted by molar-refractivity contribution is -0.384. The van der Waals surface area contributed by atoms with Gasteiger partial charge in [-0.1, -0.05) is 43.2 Å². The van der Waals surface area contributed by atoms with Crippen LogP contribution < -0.4 is 24.4 Å². The van der Waals surface area contributed by atoms with E-state index >= 15 is 0 Å². The minimum Gasteiger partial charge on any atom is -0.489 e. The molecule has 1 aliphatic carbocycles. The number of nitrogens with zero attached hydrogens (tertiary/aromatic N) is 6. The number of sulfonamides is 1. The van der Waals surface area contributed by atoms with Gasteiger partial charge in [0.1, 0.15) is 23.8 Å². The molecule has 3 aromatic carbocycles. The fourth-order valence-electron chi connectivity index (χ4n) is 9.32. The third-order valence-corrected chi connectivity index (χ3v) is 17.1. The molecule has 1 atom stereocenters. The monoisotopic (exact) mass is 971 g/mol. The summed E-state index contributed by atoms with van der Waals surface area (Å²) in [5.74, 6) is 0.262. The van der Waals surface area contributed by atoms with Crippen molar-refractivity contribution in [1.29, 1.82) is 0 Å². The summed E-state index contributed by atoms with van der Waals surface area (Å²) in [5.41, 5.74) is 5.16. The number of nitrogens with one attached hydrogen (secondary N) is 3. The van der Waals surface area contributed by atoms with E-state index in [1.807, 2.05) is 18.2 Å².